The number of nitrogens with zero attached hydrogens (tertiary/aromatic N) is 4. The van der Waals surface area contributed by atoms with Crippen molar-refractivity contribution >= 4 is 29.0 Å². The third-order valence-electron chi connectivity index (χ3n) is 4.70. The molecule has 1 saturated heterocycles. The first-order chi connectivity index (χ1) is 13.7. The van der Waals surface area contributed by atoms with Gasteiger partial charge in [0, 0.05) is 32.7 Å². The van der Waals surface area contributed by atoms with Crippen LogP contribution in [0.1, 0.15) is 12.5 Å². The standard InChI is InChI=1S/C20H22N4O2S2/c1-15(28-20-22-21-18(26-20)17-8-5-13-27-17)19(25)24-11-9-23(10-12-24)14-16-6-3-2-4-7-16/h2-8,13,15H,9-12,14H2,1H3. The summed E-state index contributed by atoms with van der Waals surface area (Å²) in [4.78, 5) is 18.1. The highest BCUT2D eigenvalue weighted by atomic mass is 32.2. The summed E-state index contributed by atoms with van der Waals surface area (Å²) in [6.07, 6.45) is 0. The van der Waals surface area contributed by atoms with Crippen molar-refractivity contribution < 1.29 is 9.21 Å². The molecule has 0 bridgehead atoms. The Hall–Kier alpha value is -2.16. The van der Waals surface area contributed by atoms with Crippen LogP contribution in [-0.4, -0.2) is 57.3 Å². The van der Waals surface area contributed by atoms with Crippen LogP contribution < -0.4 is 0 Å². The molecule has 1 aliphatic heterocycles. The molecule has 2 aromatic heterocycles. The molecule has 1 aliphatic rings. The van der Waals surface area contributed by atoms with Gasteiger partial charge in [-0.2, -0.15) is 0 Å². The lowest BCUT2D eigenvalue weighted by Gasteiger charge is -2.35. The van der Waals surface area contributed by atoms with Gasteiger partial charge in [0.15, 0.2) is 0 Å². The number of carbonyl (C=O) groups excluding carboxylic acids is 1. The van der Waals surface area contributed by atoms with E-state index < -0.39 is 0 Å². The minimum atomic E-state index is -0.252. The van der Waals surface area contributed by atoms with Crippen LogP contribution in [0.15, 0.2) is 57.5 Å². The van der Waals surface area contributed by atoms with Crippen molar-refractivity contribution in [2.24, 2.45) is 0 Å². The molecule has 0 spiro atoms. The molecular weight excluding hydrogens is 392 g/mol. The molecule has 0 saturated carbocycles. The number of thiophene rings is 1. The van der Waals surface area contributed by atoms with Gasteiger partial charge >= 0.3 is 0 Å². The van der Waals surface area contributed by atoms with Gasteiger partial charge < -0.3 is 9.32 Å². The molecule has 28 heavy (non-hydrogen) atoms. The van der Waals surface area contributed by atoms with Crippen LogP contribution in [0.2, 0.25) is 0 Å². The van der Waals surface area contributed by atoms with E-state index in [0.29, 0.717) is 11.1 Å². The quantitative estimate of drug-likeness (QED) is 0.574. The summed E-state index contributed by atoms with van der Waals surface area (Å²) in [6, 6.07) is 14.3. The second-order valence-corrected chi connectivity index (χ2v) is 8.94. The van der Waals surface area contributed by atoms with Crippen molar-refractivity contribution in [1.29, 1.82) is 0 Å². The number of amides is 1. The lowest BCUT2D eigenvalue weighted by atomic mass is 10.2. The van der Waals surface area contributed by atoms with Crippen molar-refractivity contribution in [3.63, 3.8) is 0 Å². The fourth-order valence-corrected chi connectivity index (χ4v) is 4.60. The fraction of sp³-hybridized carbons (Fsp3) is 0.350. The van der Waals surface area contributed by atoms with Gasteiger partial charge in [0.1, 0.15) is 0 Å². The molecule has 6 nitrogen and oxygen atoms in total. The van der Waals surface area contributed by atoms with Crippen LogP contribution in [0.5, 0.6) is 0 Å². The average Bonchev–Trinajstić information content (AvgIpc) is 3.40. The summed E-state index contributed by atoms with van der Waals surface area (Å²) >= 11 is 2.88. The molecule has 1 atom stereocenters. The summed E-state index contributed by atoms with van der Waals surface area (Å²) in [5, 5.41) is 10.3. The number of hydrogen-bond donors (Lipinski definition) is 0. The molecular formula is C20H22N4O2S2. The van der Waals surface area contributed by atoms with Crippen molar-refractivity contribution in [1.82, 2.24) is 20.0 Å². The van der Waals surface area contributed by atoms with Crippen LogP contribution in [0.3, 0.4) is 0 Å². The smallest absolute Gasteiger partial charge is 0.277 e. The molecule has 0 radical (unpaired) electrons. The Kier molecular flexibility index (Phi) is 6.09. The second kappa shape index (κ2) is 8.89. The molecule has 1 aromatic carbocycles. The number of carbonyl (C=O) groups is 1. The predicted octanol–water partition coefficient (Wildman–Crippen LogP) is 3.62. The van der Waals surface area contributed by atoms with E-state index in [1.54, 1.807) is 11.3 Å². The van der Waals surface area contributed by atoms with Crippen LogP contribution >= 0.6 is 23.1 Å². The highest BCUT2D eigenvalue weighted by Crippen LogP contribution is 2.29. The summed E-state index contributed by atoms with van der Waals surface area (Å²) in [6.45, 7) is 6.11. The van der Waals surface area contributed by atoms with E-state index in [0.717, 1.165) is 37.6 Å². The first kappa shape index (κ1) is 19.2. The van der Waals surface area contributed by atoms with Gasteiger partial charge in [-0.15, -0.1) is 21.5 Å². The third kappa shape index (κ3) is 4.63. The maximum atomic E-state index is 12.8. The van der Waals surface area contributed by atoms with Gasteiger partial charge in [-0.25, -0.2) is 0 Å². The maximum absolute atomic E-state index is 12.8. The van der Waals surface area contributed by atoms with E-state index in [4.69, 9.17) is 4.42 Å². The molecule has 146 valence electrons. The highest BCUT2D eigenvalue weighted by molar-refractivity contribution is 8.00. The zero-order valence-electron chi connectivity index (χ0n) is 15.7. The minimum Gasteiger partial charge on any atom is -0.410 e. The van der Waals surface area contributed by atoms with Gasteiger partial charge in [0.25, 0.3) is 11.1 Å². The monoisotopic (exact) mass is 414 g/mol. The molecule has 3 aromatic rings. The lowest BCUT2D eigenvalue weighted by Crippen LogP contribution is -2.50. The van der Waals surface area contributed by atoms with Crippen molar-refractivity contribution in [3.8, 4) is 10.8 Å². The van der Waals surface area contributed by atoms with E-state index in [1.807, 2.05) is 35.4 Å². The SMILES string of the molecule is CC(Sc1nnc(-c2cccs2)o1)C(=O)N1CCN(Cc2ccccc2)CC1. The largest absolute Gasteiger partial charge is 0.410 e. The van der Waals surface area contributed by atoms with Crippen molar-refractivity contribution in [2.75, 3.05) is 26.2 Å². The Balaban J connectivity index is 1.28. The third-order valence-corrected chi connectivity index (χ3v) is 6.48. The van der Waals surface area contributed by atoms with Gasteiger partial charge in [0.2, 0.25) is 5.91 Å². The van der Waals surface area contributed by atoms with E-state index >= 15 is 0 Å². The number of aromatic nitrogens is 2. The lowest BCUT2D eigenvalue weighted by molar-refractivity contribution is -0.132. The molecule has 3 heterocycles. The normalized spacial score (nSPS) is 16.2. The summed E-state index contributed by atoms with van der Waals surface area (Å²) < 4.78 is 5.69. The average molecular weight is 415 g/mol. The topological polar surface area (TPSA) is 62.5 Å². The predicted molar refractivity (Wildman–Crippen MR) is 111 cm³/mol. The van der Waals surface area contributed by atoms with E-state index in [9.17, 15) is 4.79 Å². The van der Waals surface area contributed by atoms with Crippen molar-refractivity contribution in [2.45, 2.75) is 23.9 Å². The Morgan fingerprint density at radius 2 is 1.93 bits per heavy atom. The zero-order valence-corrected chi connectivity index (χ0v) is 17.3. The second-order valence-electron chi connectivity index (χ2n) is 6.70. The number of thioether (sulfide) groups is 1. The van der Waals surface area contributed by atoms with Gasteiger partial charge in [-0.1, -0.05) is 48.2 Å². The van der Waals surface area contributed by atoms with Crippen LogP contribution in [0.4, 0.5) is 0 Å². The first-order valence-corrected chi connectivity index (χ1v) is 11.0. The Morgan fingerprint density at radius 3 is 2.64 bits per heavy atom. The molecule has 1 fully saturated rings. The molecule has 1 unspecified atom stereocenters. The summed E-state index contributed by atoms with van der Waals surface area (Å²) in [5.74, 6) is 0.631. The summed E-state index contributed by atoms with van der Waals surface area (Å²) in [5.41, 5.74) is 1.31. The number of hydrogen-bond acceptors (Lipinski definition) is 7. The molecule has 0 aliphatic carbocycles. The fourth-order valence-electron chi connectivity index (χ4n) is 3.18. The summed E-state index contributed by atoms with van der Waals surface area (Å²) in [7, 11) is 0. The molecule has 8 heteroatoms. The Morgan fingerprint density at radius 1 is 1.14 bits per heavy atom. The van der Waals surface area contributed by atoms with E-state index in [-0.39, 0.29) is 11.2 Å². The van der Waals surface area contributed by atoms with Crippen LogP contribution in [0.25, 0.3) is 10.8 Å². The Labute approximate surface area is 172 Å². The van der Waals surface area contributed by atoms with Gasteiger partial charge in [-0.05, 0) is 23.9 Å². The minimum absolute atomic E-state index is 0.125. The van der Waals surface area contributed by atoms with Crippen molar-refractivity contribution in [3.05, 3.63) is 53.4 Å². The van der Waals surface area contributed by atoms with E-state index in [2.05, 4.69) is 39.4 Å². The van der Waals surface area contributed by atoms with Crippen LogP contribution in [0, 0.1) is 0 Å². The number of benzene rings is 1. The molecule has 0 N–H and O–H groups in total. The molecule has 4 rings (SSSR count). The number of rotatable bonds is 6. The number of piperazine rings is 1. The maximum Gasteiger partial charge on any atom is 0.277 e. The van der Waals surface area contributed by atoms with E-state index in [1.165, 1.54) is 17.3 Å². The van der Waals surface area contributed by atoms with Gasteiger partial charge in [-0.3, -0.25) is 9.69 Å². The van der Waals surface area contributed by atoms with Crippen LogP contribution in [-0.2, 0) is 11.3 Å². The van der Waals surface area contributed by atoms with Gasteiger partial charge in [0.05, 0.1) is 10.1 Å². The highest BCUT2D eigenvalue weighted by Gasteiger charge is 2.27. The molecule has 1 amide bonds. The first-order valence-electron chi connectivity index (χ1n) is 9.28. The Bertz CT molecular complexity index is 890. The zero-order chi connectivity index (χ0) is 19.3.